The number of carbonyl (C=O) groups is 2. The number of hydrogen-bond acceptors (Lipinski definition) is 9. The van der Waals surface area contributed by atoms with E-state index in [0.29, 0.717) is 42.4 Å². The van der Waals surface area contributed by atoms with Crippen molar-refractivity contribution < 1.29 is 24.1 Å². The highest BCUT2D eigenvalue weighted by molar-refractivity contribution is 6.03. The Balaban J connectivity index is 1.49. The molecular formula is C29H28N6O5. The first kappa shape index (κ1) is 26.5. The lowest BCUT2D eigenvalue weighted by Crippen LogP contribution is -2.13. The Hall–Kier alpha value is -5.06. The molecule has 0 saturated heterocycles. The third-order valence-electron chi connectivity index (χ3n) is 6.34. The van der Waals surface area contributed by atoms with Crippen molar-refractivity contribution in [2.75, 3.05) is 6.61 Å². The topological polar surface area (TPSA) is 134 Å². The Morgan fingerprint density at radius 3 is 2.42 bits per heavy atom. The summed E-state index contributed by atoms with van der Waals surface area (Å²) < 4.78 is 7.69. The largest absolute Gasteiger partial charge is 0.465 e. The Labute approximate surface area is 230 Å². The molecule has 5 aromatic rings. The van der Waals surface area contributed by atoms with Crippen LogP contribution in [0.1, 0.15) is 48.2 Å². The van der Waals surface area contributed by atoms with E-state index in [1.165, 1.54) is 0 Å². The molecule has 11 nitrogen and oxygen atoms in total. The second-order valence-electron chi connectivity index (χ2n) is 9.09. The number of aromatic amines is 1. The molecule has 0 fully saturated rings. The fourth-order valence-electron chi connectivity index (χ4n) is 4.45. The van der Waals surface area contributed by atoms with Crippen LogP contribution in [0.15, 0.2) is 60.7 Å². The molecule has 2 heterocycles. The molecule has 1 N–H and O–H groups in total. The number of ether oxygens (including phenoxy) is 1. The van der Waals surface area contributed by atoms with Crippen LogP contribution in [0, 0.1) is 6.92 Å². The summed E-state index contributed by atoms with van der Waals surface area (Å²) in [6, 6.07) is 19.7. The maximum absolute atomic E-state index is 13.0. The number of aromatic nitrogens is 6. The number of aryl methyl sites for hydroxylation is 1. The first-order chi connectivity index (χ1) is 19.5. The lowest BCUT2D eigenvalue weighted by molar-refractivity contribution is -0.233. The van der Waals surface area contributed by atoms with Crippen LogP contribution in [0.4, 0.5) is 0 Å². The lowest BCUT2D eigenvalue weighted by Gasteiger charge is -2.13. The molecule has 0 amide bonds. The van der Waals surface area contributed by atoms with Crippen molar-refractivity contribution >= 4 is 23.0 Å². The molecule has 0 aliphatic heterocycles. The maximum atomic E-state index is 13.0. The van der Waals surface area contributed by atoms with E-state index in [1.807, 2.05) is 73.9 Å². The van der Waals surface area contributed by atoms with Crippen LogP contribution in [-0.4, -0.2) is 48.7 Å². The zero-order chi connectivity index (χ0) is 28.1. The van der Waals surface area contributed by atoms with E-state index in [4.69, 9.17) is 14.5 Å². The summed E-state index contributed by atoms with van der Waals surface area (Å²) in [6.07, 6.45) is 0.732. The second-order valence-corrected chi connectivity index (χ2v) is 9.09. The molecule has 40 heavy (non-hydrogen) atoms. The molecule has 0 spiro atoms. The van der Waals surface area contributed by atoms with Gasteiger partial charge in [-0.3, -0.25) is 4.57 Å². The van der Waals surface area contributed by atoms with Crippen LogP contribution in [0.5, 0.6) is 6.01 Å². The van der Waals surface area contributed by atoms with Crippen LogP contribution < -0.4 is 4.74 Å². The number of hydrogen-bond donors (Lipinski definition) is 1. The van der Waals surface area contributed by atoms with E-state index in [1.54, 1.807) is 12.1 Å². The van der Waals surface area contributed by atoms with Gasteiger partial charge < -0.3 is 4.74 Å². The van der Waals surface area contributed by atoms with E-state index in [2.05, 4.69) is 25.6 Å². The first-order valence-corrected chi connectivity index (χ1v) is 13.0. The molecule has 0 aliphatic carbocycles. The van der Waals surface area contributed by atoms with E-state index < -0.39 is 11.9 Å². The minimum Gasteiger partial charge on any atom is -0.465 e. The fourth-order valence-corrected chi connectivity index (χ4v) is 4.45. The summed E-state index contributed by atoms with van der Waals surface area (Å²) in [5.74, 6) is -0.878. The standard InChI is InChI=1S/C29H28N6O5/c1-4-8-24(36)39-40-28(37)23-16-11-18(3)25-26(23)35(29(30-25)38-5-2)17-19-12-14-20(15-13-19)21-9-6-7-10-22(21)27-31-33-34-32-27/h6-7,9-16H,4-5,8,17H2,1-3H3,(H,31,32,33,34). The van der Waals surface area contributed by atoms with Gasteiger partial charge in [-0.2, -0.15) is 10.2 Å². The number of fused-ring (bicyclic) bond motifs is 1. The van der Waals surface area contributed by atoms with Gasteiger partial charge in [-0.25, -0.2) is 19.4 Å². The molecule has 0 radical (unpaired) electrons. The maximum Gasteiger partial charge on any atom is 0.388 e. The van der Waals surface area contributed by atoms with Gasteiger partial charge in [-0.1, -0.05) is 61.5 Å². The summed E-state index contributed by atoms with van der Waals surface area (Å²) in [6.45, 7) is 6.37. The van der Waals surface area contributed by atoms with Crippen LogP contribution in [-0.2, 0) is 21.1 Å². The van der Waals surface area contributed by atoms with Crippen molar-refractivity contribution in [2.45, 2.75) is 40.2 Å². The summed E-state index contributed by atoms with van der Waals surface area (Å²) in [5, 5.41) is 14.4. The minimum absolute atomic E-state index is 0.151. The summed E-state index contributed by atoms with van der Waals surface area (Å²) in [5.41, 5.74) is 5.99. The predicted octanol–water partition coefficient (Wildman–Crippen LogP) is 5.05. The number of nitrogens with one attached hydrogen (secondary N) is 1. The van der Waals surface area contributed by atoms with Crippen LogP contribution in [0.25, 0.3) is 33.5 Å². The highest BCUT2D eigenvalue weighted by atomic mass is 17.2. The Morgan fingerprint density at radius 2 is 1.73 bits per heavy atom. The van der Waals surface area contributed by atoms with Gasteiger partial charge in [-0.15, -0.1) is 10.2 Å². The monoisotopic (exact) mass is 540 g/mol. The number of tetrazole rings is 1. The molecule has 3 aromatic carbocycles. The SMILES string of the molecule is CCCC(=O)OOC(=O)c1ccc(C)c2nc(OCC)n(Cc3ccc(-c4ccccc4-c4nn[nH]n4)cc3)c12. The Kier molecular flexibility index (Phi) is 7.81. The number of imidazole rings is 1. The molecule has 204 valence electrons. The number of carbonyl (C=O) groups excluding carboxylic acids is 2. The Morgan fingerprint density at radius 1 is 0.950 bits per heavy atom. The number of benzene rings is 3. The number of rotatable bonds is 9. The zero-order valence-electron chi connectivity index (χ0n) is 22.4. The molecule has 2 aromatic heterocycles. The van der Waals surface area contributed by atoms with Crippen molar-refractivity contribution in [1.82, 2.24) is 30.2 Å². The fraction of sp³-hybridized carbons (Fsp3) is 0.241. The molecule has 0 bridgehead atoms. The molecule has 0 aliphatic rings. The molecule has 0 atom stereocenters. The minimum atomic E-state index is -0.785. The zero-order valence-corrected chi connectivity index (χ0v) is 22.4. The normalized spacial score (nSPS) is 11.0. The van der Waals surface area contributed by atoms with Crippen molar-refractivity contribution in [3.05, 3.63) is 77.4 Å². The van der Waals surface area contributed by atoms with Crippen LogP contribution in [0.3, 0.4) is 0 Å². The third kappa shape index (κ3) is 5.39. The van der Waals surface area contributed by atoms with E-state index in [-0.39, 0.29) is 12.0 Å². The van der Waals surface area contributed by atoms with Gasteiger partial charge in [0.1, 0.15) is 0 Å². The van der Waals surface area contributed by atoms with Crippen molar-refractivity contribution in [1.29, 1.82) is 0 Å². The van der Waals surface area contributed by atoms with Gasteiger partial charge in [0.05, 0.1) is 29.7 Å². The third-order valence-corrected chi connectivity index (χ3v) is 6.34. The molecule has 5 rings (SSSR count). The highest BCUT2D eigenvalue weighted by Gasteiger charge is 2.23. The summed E-state index contributed by atoms with van der Waals surface area (Å²) in [7, 11) is 0. The van der Waals surface area contributed by atoms with Crippen LogP contribution in [0.2, 0.25) is 0 Å². The van der Waals surface area contributed by atoms with Gasteiger partial charge in [0.15, 0.2) is 0 Å². The molecular weight excluding hydrogens is 512 g/mol. The van der Waals surface area contributed by atoms with E-state index in [0.717, 1.165) is 27.8 Å². The van der Waals surface area contributed by atoms with Crippen molar-refractivity contribution in [3.8, 4) is 28.5 Å². The number of nitrogens with zero attached hydrogens (tertiary/aromatic N) is 5. The van der Waals surface area contributed by atoms with Crippen LogP contribution >= 0.6 is 0 Å². The van der Waals surface area contributed by atoms with E-state index in [9.17, 15) is 9.59 Å². The first-order valence-electron chi connectivity index (χ1n) is 13.0. The second kappa shape index (κ2) is 11.8. The van der Waals surface area contributed by atoms with Gasteiger partial charge in [0.25, 0.3) is 6.01 Å². The molecule has 0 saturated carbocycles. The van der Waals surface area contributed by atoms with Gasteiger partial charge in [0, 0.05) is 12.0 Å². The Bertz CT molecular complexity index is 1640. The molecule has 11 heteroatoms. The summed E-state index contributed by atoms with van der Waals surface area (Å²) >= 11 is 0. The van der Waals surface area contributed by atoms with Gasteiger partial charge in [-0.05, 0) is 53.8 Å². The van der Waals surface area contributed by atoms with Crippen molar-refractivity contribution in [3.63, 3.8) is 0 Å². The molecule has 0 unspecified atom stereocenters. The number of H-pyrrole nitrogens is 1. The average molecular weight is 541 g/mol. The quantitative estimate of drug-likeness (QED) is 0.201. The highest BCUT2D eigenvalue weighted by Crippen LogP contribution is 2.32. The van der Waals surface area contributed by atoms with E-state index >= 15 is 0 Å². The summed E-state index contributed by atoms with van der Waals surface area (Å²) in [4.78, 5) is 39.0. The lowest BCUT2D eigenvalue weighted by atomic mass is 9.98. The predicted molar refractivity (Wildman–Crippen MR) is 146 cm³/mol. The van der Waals surface area contributed by atoms with Crippen molar-refractivity contribution in [2.24, 2.45) is 0 Å². The smallest absolute Gasteiger partial charge is 0.388 e. The van der Waals surface area contributed by atoms with Gasteiger partial charge in [0.2, 0.25) is 5.82 Å². The van der Waals surface area contributed by atoms with Gasteiger partial charge >= 0.3 is 11.9 Å². The average Bonchev–Trinajstić information content (AvgIpc) is 3.63.